The van der Waals surface area contributed by atoms with Crippen LogP contribution in [0.5, 0.6) is 11.5 Å². The second-order valence-electron chi connectivity index (χ2n) is 7.07. The van der Waals surface area contributed by atoms with E-state index in [-0.39, 0.29) is 4.90 Å². The van der Waals surface area contributed by atoms with Crippen LogP contribution >= 0.6 is 0 Å². The summed E-state index contributed by atoms with van der Waals surface area (Å²) in [5.41, 5.74) is 1.31. The van der Waals surface area contributed by atoms with Crippen LogP contribution in [0.3, 0.4) is 0 Å². The van der Waals surface area contributed by atoms with E-state index in [1.54, 1.807) is 6.07 Å². The van der Waals surface area contributed by atoms with Crippen molar-refractivity contribution >= 4 is 10.0 Å². The Hall–Kier alpha value is -2.09. The third-order valence-corrected chi connectivity index (χ3v) is 6.60. The molecule has 1 aliphatic rings. The smallest absolute Gasteiger partial charge is 0.240 e. The Bertz CT molecular complexity index is 863. The Balaban J connectivity index is 1.52. The molecular formula is C21H28N2O4S. The van der Waals surface area contributed by atoms with Crippen molar-refractivity contribution in [1.82, 2.24) is 9.62 Å². The van der Waals surface area contributed by atoms with Gasteiger partial charge in [-0.05, 0) is 49.5 Å². The van der Waals surface area contributed by atoms with Gasteiger partial charge in [-0.1, -0.05) is 30.3 Å². The summed E-state index contributed by atoms with van der Waals surface area (Å²) in [7, 11) is -0.565. The molecule has 1 heterocycles. The minimum atomic E-state index is -3.58. The third-order valence-electron chi connectivity index (χ3n) is 5.18. The zero-order valence-corrected chi connectivity index (χ0v) is 17.2. The quantitative estimate of drug-likeness (QED) is 0.733. The Labute approximate surface area is 167 Å². The maximum atomic E-state index is 12.6. The zero-order chi connectivity index (χ0) is 20.0. The molecule has 7 heteroatoms. The van der Waals surface area contributed by atoms with Crippen LogP contribution in [-0.2, 0) is 16.6 Å². The molecule has 0 atom stereocenters. The fraction of sp³-hybridized carbons (Fsp3) is 0.429. The fourth-order valence-electron chi connectivity index (χ4n) is 3.48. The van der Waals surface area contributed by atoms with Crippen LogP contribution in [0.2, 0.25) is 0 Å². The van der Waals surface area contributed by atoms with Crippen molar-refractivity contribution in [2.45, 2.75) is 24.3 Å². The first kappa shape index (κ1) is 20.6. The molecule has 0 amide bonds. The van der Waals surface area contributed by atoms with Gasteiger partial charge in [0.25, 0.3) is 0 Å². The summed E-state index contributed by atoms with van der Waals surface area (Å²) in [5.74, 6) is 1.26. The number of benzene rings is 2. The van der Waals surface area contributed by atoms with Gasteiger partial charge in [-0.3, -0.25) is 4.90 Å². The second-order valence-corrected chi connectivity index (χ2v) is 8.84. The number of methoxy groups -OCH3 is 2. The molecule has 1 fully saturated rings. The van der Waals surface area contributed by atoms with Crippen LogP contribution in [-0.4, -0.2) is 47.2 Å². The average Bonchev–Trinajstić information content (AvgIpc) is 2.73. The highest BCUT2D eigenvalue weighted by Crippen LogP contribution is 2.29. The lowest BCUT2D eigenvalue weighted by atomic mass is 9.97. The standard InChI is InChI=1S/C21H28N2O4S/c1-26-20-9-8-19(14-21(20)27-2)28(24,25)22-15-17-10-12-23(13-11-17)16-18-6-4-3-5-7-18/h3-9,14,17,22H,10-13,15-16H2,1-2H3. The summed E-state index contributed by atoms with van der Waals surface area (Å²) in [5, 5.41) is 0. The van der Waals surface area contributed by atoms with Gasteiger partial charge in [0.05, 0.1) is 19.1 Å². The first-order valence-electron chi connectivity index (χ1n) is 9.50. The Morgan fingerprint density at radius 1 is 1.00 bits per heavy atom. The van der Waals surface area contributed by atoms with Crippen molar-refractivity contribution in [3.63, 3.8) is 0 Å². The van der Waals surface area contributed by atoms with Crippen LogP contribution in [0.4, 0.5) is 0 Å². The Kier molecular flexibility index (Phi) is 6.93. The number of hydrogen-bond donors (Lipinski definition) is 1. The van der Waals surface area contributed by atoms with E-state index in [2.05, 4.69) is 33.9 Å². The summed E-state index contributed by atoms with van der Waals surface area (Å²) in [6.07, 6.45) is 1.97. The van der Waals surface area contributed by atoms with Gasteiger partial charge in [-0.2, -0.15) is 0 Å². The number of piperidine rings is 1. The number of rotatable bonds is 8. The van der Waals surface area contributed by atoms with Gasteiger partial charge in [0.1, 0.15) is 0 Å². The summed E-state index contributed by atoms with van der Waals surface area (Å²) in [4.78, 5) is 2.61. The number of hydrogen-bond acceptors (Lipinski definition) is 5. The third kappa shape index (κ3) is 5.25. The molecule has 152 valence electrons. The molecule has 0 spiro atoms. The van der Waals surface area contributed by atoms with E-state index < -0.39 is 10.0 Å². The molecule has 0 radical (unpaired) electrons. The summed E-state index contributed by atoms with van der Waals surface area (Å²) in [6, 6.07) is 15.1. The molecular weight excluding hydrogens is 376 g/mol. The van der Waals surface area contributed by atoms with Crippen LogP contribution in [0.15, 0.2) is 53.4 Å². The molecule has 28 heavy (non-hydrogen) atoms. The first-order valence-corrected chi connectivity index (χ1v) is 11.0. The predicted octanol–water partition coefficient (Wildman–Crippen LogP) is 2.89. The van der Waals surface area contributed by atoms with Gasteiger partial charge in [-0.15, -0.1) is 0 Å². The van der Waals surface area contributed by atoms with Gasteiger partial charge >= 0.3 is 0 Å². The molecule has 1 N–H and O–H groups in total. The predicted molar refractivity (Wildman–Crippen MR) is 109 cm³/mol. The summed E-state index contributed by atoms with van der Waals surface area (Å²) in [6.45, 7) is 3.37. The maximum Gasteiger partial charge on any atom is 0.240 e. The molecule has 0 bridgehead atoms. The van der Waals surface area contributed by atoms with Crippen molar-refractivity contribution in [2.75, 3.05) is 33.9 Å². The van der Waals surface area contributed by atoms with Crippen LogP contribution in [0.1, 0.15) is 18.4 Å². The maximum absolute atomic E-state index is 12.6. The van der Waals surface area contributed by atoms with Crippen molar-refractivity contribution < 1.29 is 17.9 Å². The summed E-state index contributed by atoms with van der Waals surface area (Å²) < 4.78 is 38.4. The minimum absolute atomic E-state index is 0.187. The highest BCUT2D eigenvalue weighted by atomic mass is 32.2. The van der Waals surface area contributed by atoms with Gasteiger partial charge in [0.15, 0.2) is 11.5 Å². The lowest BCUT2D eigenvalue weighted by Crippen LogP contribution is -2.38. The van der Waals surface area contributed by atoms with Crippen molar-refractivity contribution in [3.05, 3.63) is 54.1 Å². The van der Waals surface area contributed by atoms with Crippen molar-refractivity contribution in [1.29, 1.82) is 0 Å². The molecule has 0 saturated carbocycles. The summed E-state index contributed by atoms with van der Waals surface area (Å²) >= 11 is 0. The molecule has 2 aromatic carbocycles. The van der Waals surface area contributed by atoms with Crippen molar-refractivity contribution in [2.24, 2.45) is 5.92 Å². The van der Waals surface area contributed by atoms with E-state index >= 15 is 0 Å². The Morgan fingerprint density at radius 3 is 2.32 bits per heavy atom. The Morgan fingerprint density at radius 2 is 1.68 bits per heavy atom. The zero-order valence-electron chi connectivity index (χ0n) is 16.4. The molecule has 6 nitrogen and oxygen atoms in total. The van der Waals surface area contributed by atoms with Gasteiger partial charge in [0.2, 0.25) is 10.0 Å². The SMILES string of the molecule is COc1ccc(S(=O)(=O)NCC2CCN(Cc3ccccc3)CC2)cc1OC. The highest BCUT2D eigenvalue weighted by molar-refractivity contribution is 7.89. The van der Waals surface area contributed by atoms with Crippen LogP contribution in [0.25, 0.3) is 0 Å². The molecule has 1 aliphatic heterocycles. The van der Waals surface area contributed by atoms with Crippen LogP contribution in [0, 0.1) is 5.92 Å². The number of sulfonamides is 1. The van der Waals surface area contributed by atoms with E-state index in [4.69, 9.17) is 9.47 Å². The molecule has 3 rings (SSSR count). The van der Waals surface area contributed by atoms with E-state index in [0.717, 1.165) is 32.5 Å². The molecule has 2 aromatic rings. The van der Waals surface area contributed by atoms with E-state index in [0.29, 0.717) is 24.0 Å². The minimum Gasteiger partial charge on any atom is -0.493 e. The number of nitrogens with one attached hydrogen (secondary N) is 1. The molecule has 0 aromatic heterocycles. The van der Waals surface area contributed by atoms with Gasteiger partial charge < -0.3 is 9.47 Å². The van der Waals surface area contributed by atoms with E-state index in [1.165, 1.54) is 31.9 Å². The van der Waals surface area contributed by atoms with Crippen LogP contribution < -0.4 is 14.2 Å². The topological polar surface area (TPSA) is 67.9 Å². The number of ether oxygens (including phenoxy) is 2. The number of likely N-dealkylation sites (tertiary alicyclic amines) is 1. The van der Waals surface area contributed by atoms with Gasteiger partial charge in [0, 0.05) is 19.2 Å². The van der Waals surface area contributed by atoms with Gasteiger partial charge in [-0.25, -0.2) is 13.1 Å². The number of nitrogens with zero attached hydrogens (tertiary/aromatic N) is 1. The normalized spacial score (nSPS) is 16.1. The fourth-order valence-corrected chi connectivity index (χ4v) is 4.62. The molecule has 0 aliphatic carbocycles. The van der Waals surface area contributed by atoms with E-state index in [9.17, 15) is 8.42 Å². The largest absolute Gasteiger partial charge is 0.493 e. The second kappa shape index (κ2) is 9.41. The van der Waals surface area contributed by atoms with E-state index in [1.807, 2.05) is 6.07 Å². The highest BCUT2D eigenvalue weighted by Gasteiger charge is 2.22. The molecule has 1 saturated heterocycles. The lowest BCUT2D eigenvalue weighted by molar-refractivity contribution is 0.178. The lowest BCUT2D eigenvalue weighted by Gasteiger charge is -2.32. The first-order chi connectivity index (χ1) is 13.5. The van der Waals surface area contributed by atoms with Crippen molar-refractivity contribution in [3.8, 4) is 11.5 Å². The monoisotopic (exact) mass is 404 g/mol. The molecule has 0 unspecified atom stereocenters. The average molecular weight is 405 g/mol.